The Morgan fingerprint density at radius 1 is 1.44 bits per heavy atom. The maximum absolute atomic E-state index is 11.3. The molecular weight excluding hydrogens is 230 g/mol. The van der Waals surface area contributed by atoms with Crippen LogP contribution in [0.15, 0.2) is 12.1 Å². The van der Waals surface area contributed by atoms with Gasteiger partial charge < -0.3 is 20.7 Å². The molecule has 0 atom stereocenters. The second kappa shape index (κ2) is 5.27. The molecule has 0 aliphatic carbocycles. The molecule has 5 nitrogen and oxygen atoms in total. The van der Waals surface area contributed by atoms with Crippen LogP contribution in [0.2, 0.25) is 0 Å². The first-order chi connectivity index (χ1) is 8.61. The van der Waals surface area contributed by atoms with Crippen LogP contribution in [0.3, 0.4) is 0 Å². The second-order valence-corrected chi connectivity index (χ2v) is 4.53. The van der Waals surface area contributed by atoms with Crippen LogP contribution in [0.4, 0.5) is 17.1 Å². The first kappa shape index (κ1) is 12.7. The number of ether oxygens (including phenoxy) is 1. The van der Waals surface area contributed by atoms with Gasteiger partial charge in [-0.25, -0.2) is 0 Å². The van der Waals surface area contributed by atoms with Gasteiger partial charge in [0.15, 0.2) is 0 Å². The van der Waals surface area contributed by atoms with Crippen molar-refractivity contribution in [2.24, 2.45) is 0 Å². The molecule has 1 aromatic rings. The van der Waals surface area contributed by atoms with Crippen molar-refractivity contribution in [3.05, 3.63) is 17.7 Å². The Morgan fingerprint density at radius 3 is 2.94 bits per heavy atom. The number of nitrogens with one attached hydrogen (secondary N) is 1. The monoisotopic (exact) mass is 249 g/mol. The number of aryl methyl sites for hydroxylation is 1. The van der Waals surface area contributed by atoms with Crippen LogP contribution < -0.4 is 16.0 Å². The van der Waals surface area contributed by atoms with Crippen molar-refractivity contribution >= 4 is 23.0 Å². The third-order valence-corrected chi connectivity index (χ3v) is 3.19. The highest BCUT2D eigenvalue weighted by atomic mass is 16.5. The maximum atomic E-state index is 11.3. The average Bonchev–Trinajstić information content (AvgIpc) is 2.35. The lowest BCUT2D eigenvalue weighted by Gasteiger charge is -2.24. The van der Waals surface area contributed by atoms with Crippen LogP contribution in [-0.2, 0) is 16.0 Å². The molecule has 0 bridgehead atoms. The zero-order valence-electron chi connectivity index (χ0n) is 10.8. The topological polar surface area (TPSA) is 67.6 Å². The molecular formula is C13H19N3O2. The Labute approximate surface area is 107 Å². The molecule has 1 aliphatic rings. The van der Waals surface area contributed by atoms with Gasteiger partial charge in [0.05, 0.1) is 18.0 Å². The SMILES string of the molecule is COCCN(C)c1cc2c(cc1N)NC(=O)CC2. The summed E-state index contributed by atoms with van der Waals surface area (Å²) >= 11 is 0. The van der Waals surface area contributed by atoms with E-state index in [0.717, 1.165) is 29.9 Å². The van der Waals surface area contributed by atoms with Crippen LogP contribution in [0, 0.1) is 0 Å². The van der Waals surface area contributed by atoms with E-state index in [1.54, 1.807) is 7.11 Å². The van der Waals surface area contributed by atoms with Crippen molar-refractivity contribution < 1.29 is 9.53 Å². The van der Waals surface area contributed by atoms with Gasteiger partial charge in [0, 0.05) is 32.8 Å². The largest absolute Gasteiger partial charge is 0.397 e. The van der Waals surface area contributed by atoms with E-state index in [9.17, 15) is 4.79 Å². The number of likely N-dealkylation sites (N-methyl/N-ethyl adjacent to an activating group) is 1. The zero-order chi connectivity index (χ0) is 13.1. The summed E-state index contributed by atoms with van der Waals surface area (Å²) in [7, 11) is 3.66. The number of nitrogen functional groups attached to an aromatic ring is 1. The molecule has 0 radical (unpaired) electrons. The van der Waals surface area contributed by atoms with Gasteiger partial charge in [0.25, 0.3) is 0 Å². The number of hydrogen-bond acceptors (Lipinski definition) is 4. The van der Waals surface area contributed by atoms with E-state index in [1.165, 1.54) is 0 Å². The normalized spacial score (nSPS) is 14.0. The van der Waals surface area contributed by atoms with Gasteiger partial charge in [0.2, 0.25) is 5.91 Å². The van der Waals surface area contributed by atoms with Crippen molar-refractivity contribution in [3.8, 4) is 0 Å². The summed E-state index contributed by atoms with van der Waals surface area (Å²) in [4.78, 5) is 13.4. The molecule has 18 heavy (non-hydrogen) atoms. The van der Waals surface area contributed by atoms with E-state index in [1.807, 2.05) is 13.1 Å². The van der Waals surface area contributed by atoms with Gasteiger partial charge >= 0.3 is 0 Å². The molecule has 0 saturated carbocycles. The van der Waals surface area contributed by atoms with Gasteiger partial charge in [-0.05, 0) is 24.1 Å². The minimum atomic E-state index is 0.0578. The van der Waals surface area contributed by atoms with Gasteiger partial charge in [-0.2, -0.15) is 0 Å². The molecule has 0 fully saturated rings. The van der Waals surface area contributed by atoms with Crippen molar-refractivity contribution in [3.63, 3.8) is 0 Å². The number of benzene rings is 1. The Balaban J connectivity index is 2.24. The number of fused-ring (bicyclic) bond motifs is 1. The molecule has 2 rings (SSSR count). The third kappa shape index (κ3) is 2.56. The molecule has 0 unspecified atom stereocenters. The zero-order valence-corrected chi connectivity index (χ0v) is 10.8. The van der Waals surface area contributed by atoms with E-state index in [2.05, 4.69) is 16.3 Å². The van der Waals surface area contributed by atoms with Crippen molar-refractivity contribution in [2.45, 2.75) is 12.8 Å². The summed E-state index contributed by atoms with van der Waals surface area (Å²) < 4.78 is 5.06. The van der Waals surface area contributed by atoms with E-state index >= 15 is 0 Å². The smallest absolute Gasteiger partial charge is 0.224 e. The van der Waals surface area contributed by atoms with Gasteiger partial charge in [0.1, 0.15) is 0 Å². The molecule has 98 valence electrons. The molecule has 0 spiro atoms. The first-order valence-corrected chi connectivity index (χ1v) is 6.04. The van der Waals surface area contributed by atoms with E-state index in [0.29, 0.717) is 18.7 Å². The fourth-order valence-electron chi connectivity index (χ4n) is 2.11. The van der Waals surface area contributed by atoms with E-state index in [-0.39, 0.29) is 5.91 Å². The number of methoxy groups -OCH3 is 1. The summed E-state index contributed by atoms with van der Waals surface area (Å²) in [5.74, 6) is 0.0578. The highest BCUT2D eigenvalue weighted by Crippen LogP contribution is 2.32. The average molecular weight is 249 g/mol. The van der Waals surface area contributed by atoms with Crippen LogP contribution in [0.1, 0.15) is 12.0 Å². The Morgan fingerprint density at radius 2 is 2.22 bits per heavy atom. The predicted molar refractivity (Wildman–Crippen MR) is 73.0 cm³/mol. The predicted octanol–water partition coefficient (Wildman–Crippen LogP) is 1.24. The summed E-state index contributed by atoms with van der Waals surface area (Å²) in [5.41, 5.74) is 9.67. The number of nitrogens with two attached hydrogens (primary N) is 1. The highest BCUT2D eigenvalue weighted by molar-refractivity contribution is 5.95. The van der Waals surface area contributed by atoms with Gasteiger partial charge in [-0.15, -0.1) is 0 Å². The number of rotatable bonds is 4. The number of carbonyl (C=O) groups is 1. The van der Waals surface area contributed by atoms with Crippen LogP contribution in [-0.4, -0.2) is 33.2 Å². The summed E-state index contributed by atoms with van der Waals surface area (Å²) in [6.07, 6.45) is 1.31. The third-order valence-electron chi connectivity index (χ3n) is 3.19. The molecule has 1 aromatic carbocycles. The number of anilines is 3. The summed E-state index contributed by atoms with van der Waals surface area (Å²) in [6.45, 7) is 1.44. The van der Waals surface area contributed by atoms with E-state index < -0.39 is 0 Å². The summed E-state index contributed by atoms with van der Waals surface area (Å²) in [6, 6.07) is 3.89. The number of amides is 1. The van der Waals surface area contributed by atoms with Crippen molar-refractivity contribution in [2.75, 3.05) is 43.3 Å². The minimum absolute atomic E-state index is 0.0578. The lowest BCUT2D eigenvalue weighted by Crippen LogP contribution is -2.24. The van der Waals surface area contributed by atoms with Gasteiger partial charge in [-0.3, -0.25) is 4.79 Å². The van der Waals surface area contributed by atoms with Crippen LogP contribution in [0.25, 0.3) is 0 Å². The fraction of sp³-hybridized carbons (Fsp3) is 0.462. The quantitative estimate of drug-likeness (QED) is 0.788. The Bertz CT molecular complexity index is 460. The lowest BCUT2D eigenvalue weighted by atomic mass is 10.0. The minimum Gasteiger partial charge on any atom is -0.397 e. The molecule has 1 amide bonds. The van der Waals surface area contributed by atoms with Crippen LogP contribution >= 0.6 is 0 Å². The fourth-order valence-corrected chi connectivity index (χ4v) is 2.11. The number of nitrogens with zero attached hydrogens (tertiary/aromatic N) is 1. The molecule has 1 heterocycles. The van der Waals surface area contributed by atoms with E-state index in [4.69, 9.17) is 10.5 Å². The molecule has 0 aromatic heterocycles. The maximum Gasteiger partial charge on any atom is 0.224 e. The van der Waals surface area contributed by atoms with Crippen LogP contribution in [0.5, 0.6) is 0 Å². The highest BCUT2D eigenvalue weighted by Gasteiger charge is 2.17. The lowest BCUT2D eigenvalue weighted by molar-refractivity contribution is -0.116. The molecule has 3 N–H and O–H groups in total. The summed E-state index contributed by atoms with van der Waals surface area (Å²) in [5, 5.41) is 2.85. The number of carbonyl (C=O) groups excluding carboxylic acids is 1. The first-order valence-electron chi connectivity index (χ1n) is 6.04. The standard InChI is InChI=1S/C13H19N3O2/c1-16(5-6-18-2)12-7-9-3-4-13(17)15-11(9)8-10(12)14/h7-8H,3-6,14H2,1-2H3,(H,15,17). The van der Waals surface area contributed by atoms with Gasteiger partial charge in [-0.1, -0.05) is 0 Å². The Kier molecular flexibility index (Phi) is 3.72. The second-order valence-electron chi connectivity index (χ2n) is 4.53. The Hall–Kier alpha value is -1.75. The van der Waals surface area contributed by atoms with Crippen molar-refractivity contribution in [1.82, 2.24) is 0 Å². The molecule has 0 saturated heterocycles. The molecule has 1 aliphatic heterocycles. The van der Waals surface area contributed by atoms with Crippen molar-refractivity contribution in [1.29, 1.82) is 0 Å². The molecule has 5 heteroatoms. The number of hydrogen-bond donors (Lipinski definition) is 2.